The van der Waals surface area contributed by atoms with Crippen molar-refractivity contribution < 1.29 is 9.64 Å². The van der Waals surface area contributed by atoms with E-state index in [1.165, 1.54) is 24.2 Å². The van der Waals surface area contributed by atoms with Crippen LogP contribution in [0.3, 0.4) is 0 Å². The highest BCUT2D eigenvalue weighted by Gasteiger charge is 2.24. The molecule has 0 amide bonds. The Morgan fingerprint density at radius 2 is 2.03 bits per heavy atom. The average Bonchev–Trinajstić information content (AvgIpc) is 2.75. The fourth-order valence-corrected chi connectivity index (χ4v) is 4.47. The van der Waals surface area contributed by atoms with Crippen molar-refractivity contribution in [1.82, 2.24) is 15.2 Å². The maximum Gasteiger partial charge on any atom is 0.253 e. The van der Waals surface area contributed by atoms with Crippen molar-refractivity contribution in [2.24, 2.45) is 0 Å². The number of ether oxygens (including phenoxy) is 1. The zero-order valence-electron chi connectivity index (χ0n) is 18.4. The van der Waals surface area contributed by atoms with Gasteiger partial charge in [0.2, 0.25) is 0 Å². The second kappa shape index (κ2) is 10.8. The molecule has 2 aromatic rings. The van der Waals surface area contributed by atoms with E-state index in [9.17, 15) is 4.79 Å². The molecule has 1 fully saturated rings. The number of aromatic nitrogens is 1. The maximum atomic E-state index is 12.8. The Kier molecular flexibility index (Phi) is 8.10. The number of rotatable bonds is 8. The van der Waals surface area contributed by atoms with Crippen LogP contribution in [0, 0.1) is 0 Å². The summed E-state index contributed by atoms with van der Waals surface area (Å²) < 4.78 is 5.27. The summed E-state index contributed by atoms with van der Waals surface area (Å²) in [6, 6.07) is 8.14. The Labute approximate surface area is 184 Å². The third-order valence-corrected chi connectivity index (χ3v) is 6.26. The van der Waals surface area contributed by atoms with Crippen LogP contribution in [-0.4, -0.2) is 55.3 Å². The summed E-state index contributed by atoms with van der Waals surface area (Å²) in [5.41, 5.74) is 1.48. The van der Waals surface area contributed by atoms with Crippen molar-refractivity contribution in [1.29, 1.82) is 0 Å². The van der Waals surface area contributed by atoms with E-state index in [1.54, 1.807) is 7.11 Å². The summed E-state index contributed by atoms with van der Waals surface area (Å²) in [6.07, 6.45) is 7.07. The largest absolute Gasteiger partial charge is 0.497 e. The Hall–Kier alpha value is -2.12. The van der Waals surface area contributed by atoms with Gasteiger partial charge in [-0.25, -0.2) is 0 Å². The SMILES string of the molecule is COc1ccc2cc(CN(C(=S)NCCC[NH+](C)C)C3CCCCC3)c(=O)[nH]c2c1. The molecule has 0 saturated heterocycles. The molecule has 3 N–H and O–H groups in total. The third kappa shape index (κ3) is 5.95. The molecule has 0 atom stereocenters. The minimum atomic E-state index is -0.0597. The number of thiocarbonyl (C=S) groups is 1. The molecule has 3 rings (SSSR count). The normalized spacial score (nSPS) is 14.8. The molecule has 6 nitrogen and oxygen atoms in total. The van der Waals surface area contributed by atoms with Crippen molar-refractivity contribution >= 4 is 28.2 Å². The Morgan fingerprint density at radius 3 is 2.73 bits per heavy atom. The number of H-pyrrole nitrogens is 1. The number of quaternary nitrogens is 1. The van der Waals surface area contributed by atoms with Crippen molar-refractivity contribution in [2.75, 3.05) is 34.3 Å². The van der Waals surface area contributed by atoms with Gasteiger partial charge in [0.25, 0.3) is 5.56 Å². The van der Waals surface area contributed by atoms with Crippen LogP contribution in [0.1, 0.15) is 44.1 Å². The summed E-state index contributed by atoms with van der Waals surface area (Å²) in [4.78, 5) is 19.5. The molecule has 1 heterocycles. The summed E-state index contributed by atoms with van der Waals surface area (Å²) in [5, 5.41) is 5.21. The highest BCUT2D eigenvalue weighted by atomic mass is 32.1. The smallest absolute Gasteiger partial charge is 0.253 e. The summed E-state index contributed by atoms with van der Waals surface area (Å²) in [7, 11) is 5.95. The molecule has 7 heteroatoms. The summed E-state index contributed by atoms with van der Waals surface area (Å²) in [6.45, 7) is 2.50. The first-order chi connectivity index (χ1) is 14.5. The number of fused-ring (bicyclic) bond motifs is 1. The van der Waals surface area contributed by atoms with Gasteiger partial charge in [-0.1, -0.05) is 19.3 Å². The van der Waals surface area contributed by atoms with E-state index in [0.717, 1.165) is 59.7 Å². The van der Waals surface area contributed by atoms with Gasteiger partial charge in [0, 0.05) is 30.6 Å². The minimum absolute atomic E-state index is 0.0597. The topological polar surface area (TPSA) is 61.8 Å². The zero-order valence-corrected chi connectivity index (χ0v) is 19.2. The molecular weight excluding hydrogens is 396 g/mol. The molecule has 0 spiro atoms. The van der Waals surface area contributed by atoms with E-state index in [4.69, 9.17) is 17.0 Å². The van der Waals surface area contributed by atoms with E-state index >= 15 is 0 Å². The van der Waals surface area contributed by atoms with Crippen LogP contribution < -0.4 is 20.5 Å². The van der Waals surface area contributed by atoms with Gasteiger partial charge >= 0.3 is 0 Å². The predicted molar refractivity (Wildman–Crippen MR) is 126 cm³/mol. The number of hydrogen-bond donors (Lipinski definition) is 3. The lowest BCUT2D eigenvalue weighted by molar-refractivity contribution is -0.858. The van der Waals surface area contributed by atoms with Crippen LogP contribution in [0.25, 0.3) is 10.9 Å². The predicted octanol–water partition coefficient (Wildman–Crippen LogP) is 2.08. The molecule has 0 aliphatic heterocycles. The molecule has 0 bridgehead atoms. The monoisotopic (exact) mass is 431 g/mol. The van der Waals surface area contributed by atoms with Crippen molar-refractivity contribution in [3.63, 3.8) is 0 Å². The van der Waals surface area contributed by atoms with Crippen LogP contribution in [0.15, 0.2) is 29.1 Å². The van der Waals surface area contributed by atoms with Gasteiger partial charge in [-0.05, 0) is 48.6 Å². The molecule has 1 aromatic heterocycles. The molecule has 1 aliphatic rings. The van der Waals surface area contributed by atoms with Gasteiger partial charge in [0.1, 0.15) is 5.75 Å². The second-order valence-corrected chi connectivity index (χ2v) is 8.93. The quantitative estimate of drug-likeness (QED) is 0.441. The number of nitrogens with one attached hydrogen (secondary N) is 3. The van der Waals surface area contributed by atoms with Crippen LogP contribution in [0.5, 0.6) is 5.75 Å². The maximum absolute atomic E-state index is 12.8. The molecule has 1 saturated carbocycles. The number of benzene rings is 1. The van der Waals surface area contributed by atoms with Gasteiger partial charge in [0.15, 0.2) is 5.11 Å². The lowest BCUT2D eigenvalue weighted by Crippen LogP contribution is -3.05. The van der Waals surface area contributed by atoms with E-state index in [2.05, 4.69) is 29.3 Å². The van der Waals surface area contributed by atoms with Gasteiger partial charge in [-0.15, -0.1) is 0 Å². The number of pyridine rings is 1. The first kappa shape index (κ1) is 22.6. The minimum Gasteiger partial charge on any atom is -0.497 e. The summed E-state index contributed by atoms with van der Waals surface area (Å²) >= 11 is 5.79. The lowest BCUT2D eigenvalue weighted by atomic mass is 9.94. The lowest BCUT2D eigenvalue weighted by Gasteiger charge is -2.36. The van der Waals surface area contributed by atoms with Gasteiger partial charge in [-0.2, -0.15) is 0 Å². The van der Waals surface area contributed by atoms with Crippen LogP contribution >= 0.6 is 12.2 Å². The molecular formula is C23H35N4O2S+. The van der Waals surface area contributed by atoms with Crippen LogP contribution in [0.4, 0.5) is 0 Å². The average molecular weight is 432 g/mol. The number of aromatic amines is 1. The van der Waals surface area contributed by atoms with Crippen molar-refractivity contribution in [3.05, 3.63) is 40.2 Å². The van der Waals surface area contributed by atoms with E-state index < -0.39 is 0 Å². The molecule has 1 aromatic carbocycles. The number of hydrogen-bond acceptors (Lipinski definition) is 3. The van der Waals surface area contributed by atoms with Gasteiger partial charge in [-0.3, -0.25) is 4.79 Å². The molecule has 0 unspecified atom stereocenters. The van der Waals surface area contributed by atoms with Crippen LogP contribution in [0.2, 0.25) is 0 Å². The van der Waals surface area contributed by atoms with Crippen molar-refractivity contribution in [3.8, 4) is 5.75 Å². The molecule has 1 aliphatic carbocycles. The molecule has 164 valence electrons. The fourth-order valence-electron chi connectivity index (χ4n) is 4.15. The Morgan fingerprint density at radius 1 is 1.27 bits per heavy atom. The van der Waals surface area contributed by atoms with E-state index in [-0.39, 0.29) is 5.56 Å². The fraction of sp³-hybridized carbons (Fsp3) is 0.565. The van der Waals surface area contributed by atoms with Gasteiger partial charge in [0.05, 0.1) is 39.8 Å². The molecule has 30 heavy (non-hydrogen) atoms. The zero-order chi connectivity index (χ0) is 21.5. The Balaban J connectivity index is 1.78. The second-order valence-electron chi connectivity index (χ2n) is 8.54. The van der Waals surface area contributed by atoms with E-state index in [1.807, 2.05) is 24.3 Å². The standard InChI is InChI=1S/C23H34N4O2S/c1-26(2)13-7-12-24-23(30)27(19-8-5-4-6-9-19)16-18-14-17-10-11-20(29-3)15-21(17)25-22(18)28/h10-11,14-15,19H,4-9,12-13,16H2,1-3H3,(H,24,30)(H,25,28)/p+1. The third-order valence-electron chi connectivity index (χ3n) is 5.88. The van der Waals surface area contributed by atoms with E-state index in [0.29, 0.717) is 12.6 Å². The highest BCUT2D eigenvalue weighted by Crippen LogP contribution is 2.25. The van der Waals surface area contributed by atoms with Crippen molar-refractivity contribution in [2.45, 2.75) is 51.1 Å². The first-order valence-corrected chi connectivity index (χ1v) is 11.4. The first-order valence-electron chi connectivity index (χ1n) is 11.0. The van der Waals surface area contributed by atoms with Crippen LogP contribution in [-0.2, 0) is 6.54 Å². The highest BCUT2D eigenvalue weighted by molar-refractivity contribution is 7.80. The Bertz CT molecular complexity index is 906. The number of nitrogens with zero attached hydrogens (tertiary/aromatic N) is 1. The molecule has 0 radical (unpaired) electrons. The summed E-state index contributed by atoms with van der Waals surface area (Å²) in [5.74, 6) is 0.736. The van der Waals surface area contributed by atoms with Gasteiger partial charge < -0.3 is 24.8 Å². The number of methoxy groups -OCH3 is 1.